The smallest absolute Gasteiger partial charge is 0.243 e. The van der Waals surface area contributed by atoms with Crippen molar-refractivity contribution in [1.29, 1.82) is 0 Å². The first kappa shape index (κ1) is 16.8. The summed E-state index contributed by atoms with van der Waals surface area (Å²) >= 11 is 1.43. The number of hydrogen-bond acceptors (Lipinski definition) is 7. The van der Waals surface area contributed by atoms with E-state index in [0.717, 1.165) is 31.7 Å². The van der Waals surface area contributed by atoms with E-state index in [4.69, 9.17) is 0 Å². The van der Waals surface area contributed by atoms with Crippen LogP contribution in [0.1, 0.15) is 19.8 Å². The highest BCUT2D eigenvalue weighted by Crippen LogP contribution is 2.24. The van der Waals surface area contributed by atoms with Crippen molar-refractivity contribution in [2.45, 2.75) is 31.8 Å². The van der Waals surface area contributed by atoms with E-state index in [-0.39, 0.29) is 11.9 Å². The zero-order valence-corrected chi connectivity index (χ0v) is 14.7. The quantitative estimate of drug-likeness (QED) is 0.861. The maximum atomic E-state index is 12.4. The first-order valence-corrected chi connectivity index (χ1v) is 8.98. The molecule has 7 nitrogen and oxygen atoms in total. The van der Waals surface area contributed by atoms with Gasteiger partial charge in [0.15, 0.2) is 10.9 Å². The molecule has 1 aliphatic heterocycles. The Morgan fingerprint density at radius 3 is 3.12 bits per heavy atom. The fraction of sp³-hybridized carbons (Fsp3) is 0.500. The molecule has 0 radical (unpaired) electrons. The van der Waals surface area contributed by atoms with Crippen LogP contribution < -0.4 is 10.2 Å². The van der Waals surface area contributed by atoms with Gasteiger partial charge in [0, 0.05) is 36.9 Å². The average Bonchev–Trinajstić information content (AvgIpc) is 3.26. The lowest BCUT2D eigenvalue weighted by atomic mass is 10.1. The number of carbonyl (C=O) groups is 1. The summed E-state index contributed by atoms with van der Waals surface area (Å²) in [6.45, 7) is 3.71. The van der Waals surface area contributed by atoms with Crippen molar-refractivity contribution in [1.82, 2.24) is 20.1 Å². The van der Waals surface area contributed by atoms with Crippen LogP contribution in [0.3, 0.4) is 0 Å². The van der Waals surface area contributed by atoms with Crippen molar-refractivity contribution in [2.24, 2.45) is 0 Å². The number of likely N-dealkylation sites (N-methyl/N-ethyl adjacent to an activating group) is 1. The lowest BCUT2D eigenvalue weighted by molar-refractivity contribution is -0.120. The number of hydrogen-bond donors (Lipinski definition) is 1. The van der Waals surface area contributed by atoms with Gasteiger partial charge in [-0.15, -0.1) is 16.4 Å². The molecule has 0 saturated carbocycles. The van der Waals surface area contributed by atoms with E-state index in [1.54, 1.807) is 12.4 Å². The molecule has 0 bridgehead atoms. The van der Waals surface area contributed by atoms with Crippen LogP contribution in [-0.4, -0.2) is 58.2 Å². The van der Waals surface area contributed by atoms with E-state index in [2.05, 4.69) is 30.3 Å². The second kappa shape index (κ2) is 7.67. The average molecular weight is 346 g/mol. The third kappa shape index (κ3) is 3.88. The number of nitrogens with one attached hydrogen (secondary N) is 1. The number of anilines is 2. The zero-order valence-electron chi connectivity index (χ0n) is 13.9. The van der Waals surface area contributed by atoms with Crippen LogP contribution >= 0.6 is 11.3 Å². The summed E-state index contributed by atoms with van der Waals surface area (Å²) in [5.41, 5.74) is 0. The molecule has 3 heterocycles. The van der Waals surface area contributed by atoms with Gasteiger partial charge >= 0.3 is 0 Å². The molecule has 1 amide bonds. The standard InChI is InChI=1S/C16H22N6OS/c1-12(15(23)19-16-17-8-10-24-16)21(2)11-13-5-4-9-22(13)14-6-3-7-18-20-14/h3,6-8,10,12-13H,4-5,9,11H2,1-2H3,(H,17,19,23). The van der Waals surface area contributed by atoms with Gasteiger partial charge < -0.3 is 10.2 Å². The van der Waals surface area contributed by atoms with Crippen LogP contribution in [0.25, 0.3) is 0 Å². The van der Waals surface area contributed by atoms with Crippen molar-refractivity contribution in [2.75, 3.05) is 30.4 Å². The molecule has 2 unspecified atom stereocenters. The van der Waals surface area contributed by atoms with Crippen molar-refractivity contribution < 1.29 is 4.79 Å². The number of aromatic nitrogens is 3. The van der Waals surface area contributed by atoms with E-state index in [1.165, 1.54) is 11.3 Å². The Morgan fingerprint density at radius 1 is 1.54 bits per heavy atom. The molecule has 8 heteroatoms. The van der Waals surface area contributed by atoms with E-state index in [0.29, 0.717) is 11.2 Å². The van der Waals surface area contributed by atoms with Crippen LogP contribution in [0.15, 0.2) is 29.9 Å². The van der Waals surface area contributed by atoms with E-state index in [1.807, 2.05) is 31.5 Å². The number of amides is 1. The van der Waals surface area contributed by atoms with Crippen LogP contribution in [0.4, 0.5) is 10.9 Å². The first-order valence-electron chi connectivity index (χ1n) is 8.10. The largest absolute Gasteiger partial charge is 0.351 e. The Morgan fingerprint density at radius 2 is 2.42 bits per heavy atom. The Labute approximate surface area is 145 Å². The molecule has 1 fully saturated rings. The summed E-state index contributed by atoms with van der Waals surface area (Å²) in [4.78, 5) is 20.8. The number of rotatable bonds is 6. The Kier molecular flexibility index (Phi) is 5.37. The van der Waals surface area contributed by atoms with Crippen LogP contribution in [0, 0.1) is 0 Å². The molecule has 1 aliphatic rings. The van der Waals surface area contributed by atoms with Crippen molar-refractivity contribution in [3.63, 3.8) is 0 Å². The van der Waals surface area contributed by atoms with Crippen LogP contribution in [0.5, 0.6) is 0 Å². The molecular formula is C16H22N6OS. The first-order chi connectivity index (χ1) is 11.6. The Bertz CT molecular complexity index is 650. The molecule has 0 aromatic carbocycles. The number of carbonyl (C=O) groups excluding carboxylic acids is 1. The van der Waals surface area contributed by atoms with Crippen molar-refractivity contribution in [3.05, 3.63) is 29.9 Å². The molecule has 24 heavy (non-hydrogen) atoms. The maximum absolute atomic E-state index is 12.4. The molecule has 3 rings (SSSR count). The fourth-order valence-electron chi connectivity index (χ4n) is 2.96. The summed E-state index contributed by atoms with van der Waals surface area (Å²) in [5.74, 6) is 0.879. The van der Waals surface area contributed by atoms with Crippen molar-refractivity contribution >= 4 is 28.2 Å². The number of nitrogens with zero attached hydrogens (tertiary/aromatic N) is 5. The molecule has 2 atom stereocenters. The SMILES string of the molecule is CC(C(=O)Nc1nccs1)N(C)CC1CCCN1c1cccnn1. The van der Waals surface area contributed by atoms with Crippen LogP contribution in [-0.2, 0) is 4.79 Å². The van der Waals surface area contributed by atoms with Gasteiger partial charge in [-0.1, -0.05) is 0 Å². The Hall–Kier alpha value is -2.06. The van der Waals surface area contributed by atoms with Gasteiger partial charge in [0.1, 0.15) is 0 Å². The summed E-state index contributed by atoms with van der Waals surface area (Å²) in [6, 6.07) is 4.02. The molecule has 128 valence electrons. The monoisotopic (exact) mass is 346 g/mol. The maximum Gasteiger partial charge on any atom is 0.243 e. The van der Waals surface area contributed by atoms with Gasteiger partial charge in [-0.2, -0.15) is 5.10 Å². The summed E-state index contributed by atoms with van der Waals surface area (Å²) in [7, 11) is 1.99. The van der Waals surface area contributed by atoms with Gasteiger partial charge in [0.05, 0.1) is 6.04 Å². The number of thiazole rings is 1. The van der Waals surface area contributed by atoms with E-state index >= 15 is 0 Å². The second-order valence-electron chi connectivity index (χ2n) is 6.01. The Balaban J connectivity index is 1.59. The normalized spacial score (nSPS) is 18.8. The minimum Gasteiger partial charge on any atom is -0.351 e. The van der Waals surface area contributed by atoms with Gasteiger partial charge in [0.2, 0.25) is 5.91 Å². The second-order valence-corrected chi connectivity index (χ2v) is 6.91. The molecule has 2 aromatic rings. The highest BCUT2D eigenvalue weighted by Gasteiger charge is 2.29. The van der Waals surface area contributed by atoms with Crippen LogP contribution in [0.2, 0.25) is 0 Å². The lowest BCUT2D eigenvalue weighted by Crippen LogP contribution is -2.46. The minimum atomic E-state index is -0.224. The third-order valence-electron chi connectivity index (χ3n) is 4.43. The summed E-state index contributed by atoms with van der Waals surface area (Å²) in [6.07, 6.45) is 5.61. The third-order valence-corrected chi connectivity index (χ3v) is 5.12. The van der Waals surface area contributed by atoms with E-state index < -0.39 is 0 Å². The highest BCUT2D eigenvalue weighted by molar-refractivity contribution is 7.13. The summed E-state index contributed by atoms with van der Waals surface area (Å²) < 4.78 is 0. The van der Waals surface area contributed by atoms with Gasteiger partial charge in [-0.05, 0) is 38.9 Å². The molecule has 0 aliphatic carbocycles. The van der Waals surface area contributed by atoms with Gasteiger partial charge in [0.25, 0.3) is 0 Å². The molecule has 1 N–H and O–H groups in total. The fourth-order valence-corrected chi connectivity index (χ4v) is 3.49. The minimum absolute atomic E-state index is 0.0310. The van der Waals surface area contributed by atoms with Crippen molar-refractivity contribution in [3.8, 4) is 0 Å². The van der Waals surface area contributed by atoms with E-state index in [9.17, 15) is 4.79 Å². The summed E-state index contributed by atoms with van der Waals surface area (Å²) in [5, 5.41) is 13.5. The van der Waals surface area contributed by atoms with Gasteiger partial charge in [-0.25, -0.2) is 4.98 Å². The molecule has 0 spiro atoms. The van der Waals surface area contributed by atoms with Gasteiger partial charge in [-0.3, -0.25) is 9.69 Å². The highest BCUT2D eigenvalue weighted by atomic mass is 32.1. The topological polar surface area (TPSA) is 74.2 Å². The molecule has 2 aromatic heterocycles. The lowest BCUT2D eigenvalue weighted by Gasteiger charge is -2.31. The molecular weight excluding hydrogens is 324 g/mol. The predicted octanol–water partition coefficient (Wildman–Crippen LogP) is 1.86. The molecule has 1 saturated heterocycles. The predicted molar refractivity (Wildman–Crippen MR) is 95.2 cm³/mol. The zero-order chi connectivity index (χ0) is 16.9.